The number of ether oxygens (including phenoxy) is 1. The second-order valence-electron chi connectivity index (χ2n) is 3.45. The van der Waals surface area contributed by atoms with Crippen LogP contribution in [-0.2, 0) is 9.53 Å². The molecule has 0 spiro atoms. The van der Waals surface area contributed by atoms with Crippen molar-refractivity contribution in [1.82, 2.24) is 0 Å². The van der Waals surface area contributed by atoms with Gasteiger partial charge in [0.2, 0.25) is 0 Å². The lowest BCUT2D eigenvalue weighted by atomic mass is 10.1. The minimum Gasteiger partial charge on any atom is -0.469 e. The Morgan fingerprint density at radius 1 is 1.14 bits per heavy atom. The Kier molecular flexibility index (Phi) is 9.71. The van der Waals surface area contributed by atoms with E-state index >= 15 is 0 Å². The summed E-state index contributed by atoms with van der Waals surface area (Å²) in [7, 11) is 1.42. The first-order valence-electron chi connectivity index (χ1n) is 5.53. The SMILES string of the molecule is CCCCCCC/C=C/CC(=O)OC. The zero-order valence-electron chi connectivity index (χ0n) is 9.42. The second kappa shape index (κ2) is 10.3. The van der Waals surface area contributed by atoms with Gasteiger partial charge in [-0.2, -0.15) is 0 Å². The third kappa shape index (κ3) is 9.30. The molecule has 0 amide bonds. The molecule has 0 atom stereocenters. The number of rotatable bonds is 8. The zero-order valence-corrected chi connectivity index (χ0v) is 9.42. The number of esters is 1. The summed E-state index contributed by atoms with van der Waals surface area (Å²) < 4.78 is 4.52. The summed E-state index contributed by atoms with van der Waals surface area (Å²) in [6.45, 7) is 2.22. The van der Waals surface area contributed by atoms with Crippen LogP contribution in [0.3, 0.4) is 0 Å². The first-order chi connectivity index (χ1) is 6.81. The van der Waals surface area contributed by atoms with E-state index in [0.29, 0.717) is 6.42 Å². The first kappa shape index (κ1) is 13.2. The van der Waals surface area contributed by atoms with Gasteiger partial charge in [-0.05, 0) is 12.8 Å². The minimum atomic E-state index is -0.160. The molecule has 0 N–H and O–H groups in total. The molecule has 14 heavy (non-hydrogen) atoms. The Balaban J connectivity index is 3.15. The summed E-state index contributed by atoms with van der Waals surface area (Å²) >= 11 is 0. The molecule has 0 aromatic heterocycles. The monoisotopic (exact) mass is 198 g/mol. The normalized spacial score (nSPS) is 10.7. The number of carbonyl (C=O) groups is 1. The van der Waals surface area contributed by atoms with Crippen molar-refractivity contribution < 1.29 is 9.53 Å². The van der Waals surface area contributed by atoms with Crippen LogP contribution >= 0.6 is 0 Å². The molecule has 0 saturated carbocycles. The highest BCUT2D eigenvalue weighted by molar-refractivity contribution is 5.70. The largest absolute Gasteiger partial charge is 0.469 e. The van der Waals surface area contributed by atoms with Crippen LogP contribution in [0.2, 0.25) is 0 Å². The van der Waals surface area contributed by atoms with Crippen LogP contribution in [0, 0.1) is 0 Å². The van der Waals surface area contributed by atoms with Crippen LogP contribution in [0.4, 0.5) is 0 Å². The summed E-state index contributed by atoms with van der Waals surface area (Å²) in [5, 5.41) is 0. The van der Waals surface area contributed by atoms with Gasteiger partial charge in [0.15, 0.2) is 0 Å². The highest BCUT2D eigenvalue weighted by Crippen LogP contribution is 2.05. The maximum absolute atomic E-state index is 10.7. The Labute approximate surface area is 87.3 Å². The van der Waals surface area contributed by atoms with Gasteiger partial charge in [-0.25, -0.2) is 0 Å². The summed E-state index contributed by atoms with van der Waals surface area (Å²) in [6.07, 6.45) is 12.0. The van der Waals surface area contributed by atoms with Crippen molar-refractivity contribution in [2.45, 2.75) is 51.9 Å². The molecule has 0 aliphatic heterocycles. The van der Waals surface area contributed by atoms with E-state index in [4.69, 9.17) is 0 Å². The highest BCUT2D eigenvalue weighted by Gasteiger charge is 1.93. The predicted octanol–water partition coefficient (Wildman–Crippen LogP) is 3.47. The quantitative estimate of drug-likeness (QED) is 0.339. The number of allylic oxidation sites excluding steroid dienone is 1. The third-order valence-corrected chi connectivity index (χ3v) is 2.15. The second-order valence-corrected chi connectivity index (χ2v) is 3.45. The van der Waals surface area contributed by atoms with Crippen LogP contribution in [0.1, 0.15) is 51.9 Å². The Bertz CT molecular complexity index is 162. The van der Waals surface area contributed by atoms with Gasteiger partial charge in [0.05, 0.1) is 13.5 Å². The number of methoxy groups -OCH3 is 1. The van der Waals surface area contributed by atoms with Gasteiger partial charge in [-0.1, -0.05) is 44.8 Å². The summed E-state index contributed by atoms with van der Waals surface area (Å²) in [5.74, 6) is -0.160. The van der Waals surface area contributed by atoms with Gasteiger partial charge >= 0.3 is 5.97 Å². The average molecular weight is 198 g/mol. The van der Waals surface area contributed by atoms with Gasteiger partial charge < -0.3 is 4.74 Å². The minimum absolute atomic E-state index is 0.160. The topological polar surface area (TPSA) is 26.3 Å². The molecule has 0 unspecified atom stereocenters. The highest BCUT2D eigenvalue weighted by atomic mass is 16.5. The van der Waals surface area contributed by atoms with Crippen molar-refractivity contribution in [1.29, 1.82) is 0 Å². The molecule has 0 rings (SSSR count). The maximum atomic E-state index is 10.7. The molecular formula is C12H22O2. The number of unbranched alkanes of at least 4 members (excludes halogenated alkanes) is 5. The van der Waals surface area contributed by atoms with E-state index in [-0.39, 0.29) is 5.97 Å². The van der Waals surface area contributed by atoms with Crippen molar-refractivity contribution in [2.24, 2.45) is 0 Å². The molecule has 0 heterocycles. The third-order valence-electron chi connectivity index (χ3n) is 2.15. The lowest BCUT2D eigenvalue weighted by Crippen LogP contribution is -1.96. The van der Waals surface area contributed by atoms with Gasteiger partial charge in [0, 0.05) is 0 Å². The molecule has 0 aliphatic carbocycles. The van der Waals surface area contributed by atoms with Crippen molar-refractivity contribution in [3.63, 3.8) is 0 Å². The van der Waals surface area contributed by atoms with Crippen molar-refractivity contribution in [3.05, 3.63) is 12.2 Å². The number of carbonyl (C=O) groups excluding carboxylic acids is 1. The summed E-state index contributed by atoms with van der Waals surface area (Å²) in [4.78, 5) is 10.7. The van der Waals surface area contributed by atoms with Gasteiger partial charge in [0.25, 0.3) is 0 Å². The number of hydrogen-bond acceptors (Lipinski definition) is 2. The molecule has 0 aromatic rings. The van der Waals surface area contributed by atoms with Crippen molar-refractivity contribution in [2.75, 3.05) is 7.11 Å². The molecule has 0 fully saturated rings. The summed E-state index contributed by atoms with van der Waals surface area (Å²) in [5.41, 5.74) is 0. The first-order valence-corrected chi connectivity index (χ1v) is 5.53. The van der Waals surface area contributed by atoms with Gasteiger partial charge in [-0.15, -0.1) is 0 Å². The molecule has 0 aromatic carbocycles. The van der Waals surface area contributed by atoms with E-state index in [1.165, 1.54) is 39.2 Å². The van der Waals surface area contributed by atoms with Crippen LogP contribution in [0.15, 0.2) is 12.2 Å². The molecule has 0 saturated heterocycles. The molecule has 0 aliphatic rings. The molecule has 2 nitrogen and oxygen atoms in total. The predicted molar refractivity (Wildman–Crippen MR) is 59.1 cm³/mol. The molecule has 82 valence electrons. The zero-order chi connectivity index (χ0) is 10.6. The fourth-order valence-corrected chi connectivity index (χ4v) is 1.25. The van der Waals surface area contributed by atoms with E-state index in [0.717, 1.165) is 6.42 Å². The van der Waals surface area contributed by atoms with Crippen molar-refractivity contribution in [3.8, 4) is 0 Å². The fraction of sp³-hybridized carbons (Fsp3) is 0.750. The van der Waals surface area contributed by atoms with Crippen LogP contribution in [0.25, 0.3) is 0 Å². The Hall–Kier alpha value is -0.790. The maximum Gasteiger partial charge on any atom is 0.309 e. The lowest BCUT2D eigenvalue weighted by Gasteiger charge is -1.96. The molecule has 2 heteroatoms. The van der Waals surface area contributed by atoms with Gasteiger partial charge in [0.1, 0.15) is 0 Å². The van der Waals surface area contributed by atoms with Crippen molar-refractivity contribution >= 4 is 5.97 Å². The number of hydrogen-bond donors (Lipinski definition) is 0. The fourth-order valence-electron chi connectivity index (χ4n) is 1.25. The Morgan fingerprint density at radius 2 is 1.86 bits per heavy atom. The van der Waals surface area contributed by atoms with E-state index < -0.39 is 0 Å². The summed E-state index contributed by atoms with van der Waals surface area (Å²) in [6, 6.07) is 0. The van der Waals surface area contributed by atoms with Crippen LogP contribution in [-0.4, -0.2) is 13.1 Å². The standard InChI is InChI=1S/C12H22O2/c1-3-4-5-6-7-8-9-10-11-12(13)14-2/h9-10H,3-8,11H2,1-2H3/b10-9+. The van der Waals surface area contributed by atoms with Crippen LogP contribution in [0.5, 0.6) is 0 Å². The van der Waals surface area contributed by atoms with E-state index in [1.54, 1.807) is 0 Å². The van der Waals surface area contributed by atoms with E-state index in [2.05, 4.69) is 17.7 Å². The molecular weight excluding hydrogens is 176 g/mol. The van der Waals surface area contributed by atoms with E-state index in [9.17, 15) is 4.79 Å². The lowest BCUT2D eigenvalue weighted by molar-refractivity contribution is -0.139. The van der Waals surface area contributed by atoms with Gasteiger partial charge in [-0.3, -0.25) is 4.79 Å². The van der Waals surface area contributed by atoms with E-state index in [1.807, 2.05) is 6.08 Å². The average Bonchev–Trinajstić information content (AvgIpc) is 2.21. The molecule has 0 radical (unpaired) electrons. The smallest absolute Gasteiger partial charge is 0.309 e. The Morgan fingerprint density at radius 3 is 2.50 bits per heavy atom. The molecule has 0 bridgehead atoms. The van der Waals surface area contributed by atoms with Crippen LogP contribution < -0.4 is 0 Å².